The summed E-state index contributed by atoms with van der Waals surface area (Å²) in [4.78, 5) is 14.0. The Morgan fingerprint density at radius 2 is 1.95 bits per heavy atom. The second-order valence-electron chi connectivity index (χ2n) is 8.00. The minimum atomic E-state index is -0.437. The molecule has 0 radical (unpaired) electrons. The third-order valence-electron chi connectivity index (χ3n) is 3.94. The largest absolute Gasteiger partial charge is 0.444 e. The van der Waals surface area contributed by atoms with Gasteiger partial charge >= 0.3 is 6.09 Å². The third-order valence-corrected chi connectivity index (χ3v) is 3.94. The maximum atomic E-state index is 12.2. The summed E-state index contributed by atoms with van der Waals surface area (Å²) < 4.78 is 11.0. The molecule has 0 saturated carbocycles. The highest BCUT2D eigenvalue weighted by Crippen LogP contribution is 2.19. The van der Waals surface area contributed by atoms with Gasteiger partial charge in [0.15, 0.2) is 0 Å². The lowest BCUT2D eigenvalue weighted by molar-refractivity contribution is 0.00406. The maximum Gasteiger partial charge on any atom is 0.410 e. The molecule has 0 aliphatic carbocycles. The summed E-state index contributed by atoms with van der Waals surface area (Å²) in [7, 11) is 1.75. The zero-order chi connectivity index (χ0) is 17.0. The van der Waals surface area contributed by atoms with Crippen LogP contribution in [0.2, 0.25) is 0 Å². The first-order valence-electron chi connectivity index (χ1n) is 8.31. The molecular weight excluding hydrogens is 280 g/mol. The van der Waals surface area contributed by atoms with Crippen molar-refractivity contribution in [3.63, 3.8) is 0 Å². The smallest absolute Gasteiger partial charge is 0.410 e. The van der Waals surface area contributed by atoms with Crippen LogP contribution in [0.15, 0.2) is 0 Å². The lowest BCUT2D eigenvalue weighted by atomic mass is 9.98. The molecule has 1 aliphatic rings. The summed E-state index contributed by atoms with van der Waals surface area (Å²) in [5, 5.41) is 3.63. The summed E-state index contributed by atoms with van der Waals surface area (Å²) in [5.74, 6) is 0. The topological polar surface area (TPSA) is 50.8 Å². The number of rotatable bonds is 5. The molecule has 1 rings (SSSR count). The number of hydrogen-bond acceptors (Lipinski definition) is 4. The van der Waals surface area contributed by atoms with E-state index in [0.29, 0.717) is 18.6 Å². The van der Waals surface area contributed by atoms with Gasteiger partial charge in [0.05, 0.1) is 5.60 Å². The van der Waals surface area contributed by atoms with Crippen molar-refractivity contribution < 1.29 is 14.3 Å². The molecule has 1 fully saturated rings. The summed E-state index contributed by atoms with van der Waals surface area (Å²) >= 11 is 0. The first-order chi connectivity index (χ1) is 10.0. The van der Waals surface area contributed by atoms with Crippen LogP contribution in [-0.4, -0.2) is 54.5 Å². The number of nitrogens with zero attached hydrogens (tertiary/aromatic N) is 1. The van der Waals surface area contributed by atoms with Crippen molar-refractivity contribution in [3.8, 4) is 0 Å². The minimum absolute atomic E-state index is 0.133. The van der Waals surface area contributed by atoms with Gasteiger partial charge in [0.1, 0.15) is 5.60 Å². The van der Waals surface area contributed by atoms with Gasteiger partial charge in [-0.1, -0.05) is 0 Å². The van der Waals surface area contributed by atoms with Gasteiger partial charge in [-0.15, -0.1) is 0 Å². The fourth-order valence-electron chi connectivity index (χ4n) is 2.89. The fourth-order valence-corrected chi connectivity index (χ4v) is 2.89. The molecule has 2 atom stereocenters. The van der Waals surface area contributed by atoms with E-state index in [9.17, 15) is 4.79 Å². The van der Waals surface area contributed by atoms with E-state index >= 15 is 0 Å². The molecule has 0 spiro atoms. The number of carbonyl (C=O) groups excluding carboxylic acids is 1. The molecule has 5 nitrogen and oxygen atoms in total. The number of nitrogens with one attached hydrogen (secondary N) is 1. The van der Waals surface area contributed by atoms with Gasteiger partial charge in [0.25, 0.3) is 0 Å². The first-order valence-corrected chi connectivity index (χ1v) is 8.31. The van der Waals surface area contributed by atoms with Gasteiger partial charge in [0.2, 0.25) is 0 Å². The minimum Gasteiger partial charge on any atom is -0.444 e. The zero-order valence-electron chi connectivity index (χ0n) is 15.4. The van der Waals surface area contributed by atoms with Crippen molar-refractivity contribution >= 4 is 6.09 Å². The van der Waals surface area contributed by atoms with Crippen molar-refractivity contribution in [2.24, 2.45) is 0 Å². The molecule has 1 saturated heterocycles. The third kappa shape index (κ3) is 6.97. The van der Waals surface area contributed by atoms with Gasteiger partial charge in [-0.2, -0.15) is 0 Å². The van der Waals surface area contributed by atoms with Crippen molar-refractivity contribution in [2.45, 2.75) is 84.1 Å². The van der Waals surface area contributed by atoms with Crippen LogP contribution in [0, 0.1) is 0 Å². The van der Waals surface area contributed by atoms with Gasteiger partial charge in [-0.05, 0) is 60.8 Å². The van der Waals surface area contributed by atoms with Crippen LogP contribution in [0.1, 0.15) is 60.8 Å². The van der Waals surface area contributed by atoms with Crippen LogP contribution in [0.5, 0.6) is 0 Å². The van der Waals surface area contributed by atoms with Crippen LogP contribution < -0.4 is 5.32 Å². The monoisotopic (exact) mass is 314 g/mol. The maximum absolute atomic E-state index is 12.2. The Morgan fingerprint density at radius 3 is 2.50 bits per heavy atom. The zero-order valence-corrected chi connectivity index (χ0v) is 15.4. The van der Waals surface area contributed by atoms with Crippen molar-refractivity contribution in [2.75, 3.05) is 20.2 Å². The Balaban J connectivity index is 2.48. The lowest BCUT2D eigenvalue weighted by Crippen LogP contribution is -2.52. The summed E-state index contributed by atoms with van der Waals surface area (Å²) in [6, 6.07) is 0.669. The van der Waals surface area contributed by atoms with Gasteiger partial charge in [-0.25, -0.2) is 4.79 Å². The van der Waals surface area contributed by atoms with E-state index in [1.807, 2.05) is 25.7 Å². The van der Waals surface area contributed by atoms with E-state index in [0.717, 1.165) is 25.8 Å². The molecule has 5 heteroatoms. The van der Waals surface area contributed by atoms with Crippen LogP contribution in [0.3, 0.4) is 0 Å². The average molecular weight is 314 g/mol. The van der Waals surface area contributed by atoms with Crippen LogP contribution >= 0.6 is 0 Å². The Bertz CT molecular complexity index is 363. The van der Waals surface area contributed by atoms with Crippen LogP contribution in [0.4, 0.5) is 4.79 Å². The van der Waals surface area contributed by atoms with Gasteiger partial charge in [-0.3, -0.25) is 0 Å². The van der Waals surface area contributed by atoms with Crippen molar-refractivity contribution in [1.82, 2.24) is 10.2 Å². The molecule has 2 unspecified atom stereocenters. The number of hydrogen-bond donors (Lipinski definition) is 1. The molecule has 1 heterocycles. The number of ether oxygens (including phenoxy) is 2. The first kappa shape index (κ1) is 19.2. The number of likely N-dealkylation sites (tertiary alicyclic amines) is 1. The SMILES string of the molecule is COC(C)(C)CC(C)NC1CCCN(C(=O)OC(C)(C)C)C1. The number of piperidine rings is 1. The Morgan fingerprint density at radius 1 is 1.32 bits per heavy atom. The normalized spacial score (nSPS) is 21.6. The lowest BCUT2D eigenvalue weighted by Gasteiger charge is -2.36. The Hall–Kier alpha value is -0.810. The Kier molecular flexibility index (Phi) is 6.68. The average Bonchev–Trinajstić information content (AvgIpc) is 2.36. The number of methoxy groups -OCH3 is 1. The van der Waals surface area contributed by atoms with Crippen LogP contribution in [0.25, 0.3) is 0 Å². The van der Waals surface area contributed by atoms with Gasteiger partial charge in [0, 0.05) is 32.3 Å². The number of carbonyl (C=O) groups is 1. The molecule has 0 aromatic carbocycles. The predicted octanol–water partition coefficient (Wildman–Crippen LogP) is 3.18. The van der Waals surface area contributed by atoms with Crippen molar-refractivity contribution in [1.29, 1.82) is 0 Å². The molecule has 1 amide bonds. The second kappa shape index (κ2) is 7.64. The van der Waals surface area contributed by atoms with Crippen molar-refractivity contribution in [3.05, 3.63) is 0 Å². The molecule has 0 bridgehead atoms. The molecule has 0 aromatic rings. The van der Waals surface area contributed by atoms with E-state index < -0.39 is 5.60 Å². The van der Waals surface area contributed by atoms with Gasteiger partial charge < -0.3 is 19.7 Å². The quantitative estimate of drug-likeness (QED) is 0.847. The Labute approximate surface area is 135 Å². The molecule has 22 heavy (non-hydrogen) atoms. The van der Waals surface area contributed by atoms with E-state index in [4.69, 9.17) is 9.47 Å². The molecule has 0 aromatic heterocycles. The standard InChI is InChI=1S/C17H34N2O3/c1-13(11-17(5,6)21-7)18-14-9-8-10-19(12-14)15(20)22-16(2,3)4/h13-14,18H,8-12H2,1-7H3. The molecule has 1 aliphatic heterocycles. The summed E-state index contributed by atoms with van der Waals surface area (Å²) in [6.45, 7) is 13.6. The number of amides is 1. The highest BCUT2D eigenvalue weighted by atomic mass is 16.6. The highest BCUT2D eigenvalue weighted by Gasteiger charge is 2.29. The highest BCUT2D eigenvalue weighted by molar-refractivity contribution is 5.68. The summed E-state index contributed by atoms with van der Waals surface area (Å²) in [5.41, 5.74) is -0.570. The van der Waals surface area contributed by atoms with E-state index in [1.165, 1.54) is 0 Å². The predicted molar refractivity (Wildman–Crippen MR) is 89.1 cm³/mol. The second-order valence-corrected chi connectivity index (χ2v) is 8.00. The van der Waals surface area contributed by atoms with E-state index in [2.05, 4.69) is 26.1 Å². The van der Waals surface area contributed by atoms with Crippen LogP contribution in [-0.2, 0) is 9.47 Å². The molecule has 130 valence electrons. The fraction of sp³-hybridized carbons (Fsp3) is 0.941. The van der Waals surface area contributed by atoms with E-state index in [1.54, 1.807) is 7.11 Å². The molecule has 1 N–H and O–H groups in total. The molecular formula is C17H34N2O3. The van der Waals surface area contributed by atoms with E-state index in [-0.39, 0.29) is 11.7 Å². The summed E-state index contributed by atoms with van der Waals surface area (Å²) in [6.07, 6.45) is 2.84.